The molecule has 2 aromatic heterocycles. The number of rotatable bonds is 1. The van der Waals surface area contributed by atoms with Crippen molar-refractivity contribution in [2.24, 2.45) is 0 Å². The number of nitrogens with zero attached hydrogens (tertiary/aromatic N) is 4. The Labute approximate surface area is 113 Å². The summed E-state index contributed by atoms with van der Waals surface area (Å²) in [6.45, 7) is 3.63. The Kier molecular flexibility index (Phi) is 2.71. The van der Waals surface area contributed by atoms with E-state index in [-0.39, 0.29) is 5.82 Å². The Bertz CT molecular complexity index is 761. The van der Waals surface area contributed by atoms with Gasteiger partial charge in [-0.1, -0.05) is 11.6 Å². The molecule has 0 spiro atoms. The van der Waals surface area contributed by atoms with Gasteiger partial charge in [0.15, 0.2) is 11.5 Å². The molecule has 0 aliphatic heterocycles. The molecular weight excluding hydrogens is 267 g/mol. The van der Waals surface area contributed by atoms with Crippen LogP contribution in [0.2, 0.25) is 5.15 Å². The van der Waals surface area contributed by atoms with Crippen molar-refractivity contribution in [3.63, 3.8) is 0 Å². The zero-order valence-electron chi connectivity index (χ0n) is 10.4. The minimum Gasteiger partial charge on any atom is -0.263 e. The SMILES string of the molecule is Cc1cc(F)cc(-c2nnc3cc(Cl)nc(C)n23)c1. The topological polar surface area (TPSA) is 43.1 Å². The van der Waals surface area contributed by atoms with Crippen LogP contribution in [0.15, 0.2) is 24.3 Å². The average Bonchev–Trinajstić information content (AvgIpc) is 2.71. The lowest BCUT2D eigenvalue weighted by molar-refractivity contribution is 0.627. The van der Waals surface area contributed by atoms with Crippen molar-refractivity contribution < 1.29 is 4.39 Å². The first kappa shape index (κ1) is 12.0. The van der Waals surface area contributed by atoms with Crippen LogP contribution in [0.4, 0.5) is 4.39 Å². The molecule has 0 aliphatic rings. The number of aromatic nitrogens is 4. The predicted octanol–water partition coefficient (Wildman–Crippen LogP) is 3.20. The van der Waals surface area contributed by atoms with E-state index in [0.29, 0.717) is 28.0 Å². The maximum atomic E-state index is 13.5. The number of aryl methyl sites for hydroxylation is 2. The van der Waals surface area contributed by atoms with Gasteiger partial charge in [-0.15, -0.1) is 10.2 Å². The maximum Gasteiger partial charge on any atom is 0.169 e. The third-order valence-corrected chi connectivity index (χ3v) is 3.02. The molecule has 0 saturated heterocycles. The van der Waals surface area contributed by atoms with Gasteiger partial charge in [-0.3, -0.25) is 4.40 Å². The number of fused-ring (bicyclic) bond motifs is 1. The molecule has 6 heteroatoms. The minimum absolute atomic E-state index is 0.300. The quantitative estimate of drug-likeness (QED) is 0.641. The summed E-state index contributed by atoms with van der Waals surface area (Å²) in [6, 6.07) is 6.37. The summed E-state index contributed by atoms with van der Waals surface area (Å²) in [6.07, 6.45) is 0. The molecule has 3 rings (SSSR count). The maximum absolute atomic E-state index is 13.5. The molecule has 1 aromatic carbocycles. The molecule has 3 aromatic rings. The van der Waals surface area contributed by atoms with Crippen molar-refractivity contribution in [3.05, 3.63) is 46.6 Å². The molecule has 0 radical (unpaired) electrons. The van der Waals surface area contributed by atoms with Crippen LogP contribution >= 0.6 is 11.6 Å². The Balaban J connectivity index is 2.31. The van der Waals surface area contributed by atoms with E-state index in [1.54, 1.807) is 17.4 Å². The summed E-state index contributed by atoms with van der Waals surface area (Å²) in [7, 11) is 0. The van der Waals surface area contributed by atoms with Crippen molar-refractivity contribution in [2.75, 3.05) is 0 Å². The van der Waals surface area contributed by atoms with Gasteiger partial charge >= 0.3 is 0 Å². The number of hydrogen-bond acceptors (Lipinski definition) is 3. The Morgan fingerprint density at radius 2 is 1.89 bits per heavy atom. The fourth-order valence-corrected chi connectivity index (χ4v) is 2.32. The van der Waals surface area contributed by atoms with E-state index in [9.17, 15) is 4.39 Å². The number of halogens is 2. The molecule has 0 N–H and O–H groups in total. The van der Waals surface area contributed by atoms with E-state index < -0.39 is 0 Å². The van der Waals surface area contributed by atoms with Crippen LogP contribution < -0.4 is 0 Å². The summed E-state index contributed by atoms with van der Waals surface area (Å²) in [5.41, 5.74) is 2.08. The fraction of sp³-hybridized carbons (Fsp3) is 0.154. The number of benzene rings is 1. The van der Waals surface area contributed by atoms with Crippen molar-refractivity contribution in [2.45, 2.75) is 13.8 Å². The highest BCUT2D eigenvalue weighted by Crippen LogP contribution is 2.22. The van der Waals surface area contributed by atoms with Gasteiger partial charge in [0.25, 0.3) is 0 Å². The van der Waals surface area contributed by atoms with Crippen molar-refractivity contribution in [1.82, 2.24) is 19.6 Å². The second-order valence-corrected chi connectivity index (χ2v) is 4.75. The molecule has 0 unspecified atom stereocenters. The smallest absolute Gasteiger partial charge is 0.169 e. The summed E-state index contributed by atoms with van der Waals surface area (Å²) < 4.78 is 15.2. The second-order valence-electron chi connectivity index (χ2n) is 4.36. The van der Waals surface area contributed by atoms with Gasteiger partial charge in [-0.25, -0.2) is 9.37 Å². The Morgan fingerprint density at radius 3 is 2.63 bits per heavy atom. The third kappa shape index (κ3) is 2.06. The monoisotopic (exact) mass is 276 g/mol. The first-order valence-electron chi connectivity index (χ1n) is 5.70. The van der Waals surface area contributed by atoms with Gasteiger partial charge in [0, 0.05) is 11.6 Å². The highest BCUT2D eigenvalue weighted by Gasteiger charge is 2.12. The summed E-state index contributed by atoms with van der Waals surface area (Å²) >= 11 is 5.88. The van der Waals surface area contributed by atoms with Crippen LogP contribution in [0.5, 0.6) is 0 Å². The van der Waals surface area contributed by atoms with Gasteiger partial charge in [0.1, 0.15) is 16.8 Å². The summed E-state index contributed by atoms with van der Waals surface area (Å²) in [5, 5.41) is 8.50. The molecule has 19 heavy (non-hydrogen) atoms. The normalized spacial score (nSPS) is 11.2. The first-order valence-corrected chi connectivity index (χ1v) is 6.08. The molecule has 0 fully saturated rings. The van der Waals surface area contributed by atoms with Gasteiger partial charge in [0.2, 0.25) is 0 Å². The van der Waals surface area contributed by atoms with Crippen molar-refractivity contribution in [1.29, 1.82) is 0 Å². The first-order chi connectivity index (χ1) is 9.04. The van der Waals surface area contributed by atoms with E-state index in [4.69, 9.17) is 11.6 Å². The zero-order valence-corrected chi connectivity index (χ0v) is 11.1. The van der Waals surface area contributed by atoms with Crippen molar-refractivity contribution in [3.8, 4) is 11.4 Å². The van der Waals surface area contributed by atoms with Crippen LogP contribution in [0, 0.1) is 19.7 Å². The summed E-state index contributed by atoms with van der Waals surface area (Å²) in [5.74, 6) is 0.912. The molecule has 0 saturated carbocycles. The predicted molar refractivity (Wildman–Crippen MR) is 70.7 cm³/mol. The van der Waals surface area contributed by atoms with Gasteiger partial charge in [0.05, 0.1) is 0 Å². The number of hydrogen-bond donors (Lipinski definition) is 0. The van der Waals surface area contributed by atoms with E-state index in [2.05, 4.69) is 15.2 Å². The molecule has 2 heterocycles. The summed E-state index contributed by atoms with van der Waals surface area (Å²) in [4.78, 5) is 4.16. The Hall–Kier alpha value is -2.01. The van der Waals surface area contributed by atoms with Gasteiger partial charge < -0.3 is 0 Å². The molecule has 96 valence electrons. The van der Waals surface area contributed by atoms with Crippen molar-refractivity contribution >= 4 is 17.2 Å². The molecule has 0 bridgehead atoms. The molecule has 0 atom stereocenters. The molecule has 4 nitrogen and oxygen atoms in total. The second kappa shape index (κ2) is 4.28. The van der Waals surface area contributed by atoms with E-state index in [1.165, 1.54) is 12.1 Å². The molecule has 0 aliphatic carbocycles. The Morgan fingerprint density at radius 1 is 1.11 bits per heavy atom. The average molecular weight is 277 g/mol. The van der Waals surface area contributed by atoms with Crippen LogP contribution in [0.25, 0.3) is 17.0 Å². The lowest BCUT2D eigenvalue weighted by atomic mass is 10.1. The zero-order chi connectivity index (χ0) is 13.6. The third-order valence-electron chi connectivity index (χ3n) is 2.83. The van der Waals surface area contributed by atoms with E-state index >= 15 is 0 Å². The molecule has 0 amide bonds. The lowest BCUT2D eigenvalue weighted by Crippen LogP contribution is -1.98. The van der Waals surface area contributed by atoms with Crippen LogP contribution in [0.1, 0.15) is 11.4 Å². The van der Waals surface area contributed by atoms with Gasteiger partial charge in [-0.2, -0.15) is 0 Å². The fourth-order valence-electron chi connectivity index (χ4n) is 2.10. The van der Waals surface area contributed by atoms with Crippen LogP contribution in [-0.2, 0) is 0 Å². The van der Waals surface area contributed by atoms with E-state index in [1.807, 2.05) is 13.0 Å². The highest BCUT2D eigenvalue weighted by molar-refractivity contribution is 6.29. The highest BCUT2D eigenvalue weighted by atomic mass is 35.5. The largest absolute Gasteiger partial charge is 0.263 e. The van der Waals surface area contributed by atoms with Gasteiger partial charge in [-0.05, 0) is 37.6 Å². The van der Waals surface area contributed by atoms with Crippen LogP contribution in [0.3, 0.4) is 0 Å². The lowest BCUT2D eigenvalue weighted by Gasteiger charge is -2.05. The van der Waals surface area contributed by atoms with Crippen LogP contribution in [-0.4, -0.2) is 19.6 Å². The standard InChI is InChI=1S/C13H10ClFN4/c1-7-3-9(5-10(15)4-7)13-18-17-12-6-11(14)16-8(2)19(12)13/h3-6H,1-2H3. The van der Waals surface area contributed by atoms with E-state index in [0.717, 1.165) is 5.56 Å². The molecular formula is C13H10ClFN4. The minimum atomic E-state index is -0.300.